The molecule has 242 valence electrons. The molecule has 0 aliphatic carbocycles. The van der Waals surface area contributed by atoms with Crippen LogP contribution in [0.3, 0.4) is 0 Å². The molecule has 6 nitrogen and oxygen atoms in total. The maximum absolute atomic E-state index is 14.1. The summed E-state index contributed by atoms with van der Waals surface area (Å²) in [4.78, 5) is 32.4. The average molecular weight is 635 g/mol. The molecule has 0 bridgehead atoms. The minimum Gasteiger partial charge on any atom is -0.361 e. The Morgan fingerprint density at radius 3 is 2.21 bits per heavy atom. The van der Waals surface area contributed by atoms with Gasteiger partial charge in [0.05, 0.1) is 0 Å². The molecule has 2 amide bonds. The highest BCUT2D eigenvalue weighted by Crippen LogP contribution is 2.30. The number of fused-ring (bicyclic) bond motifs is 1. The van der Waals surface area contributed by atoms with Crippen LogP contribution in [0.4, 0.5) is 0 Å². The highest BCUT2D eigenvalue weighted by Gasteiger charge is 2.21. The Balaban J connectivity index is 1.27. The maximum atomic E-state index is 14.1. The van der Waals surface area contributed by atoms with Crippen LogP contribution in [0.15, 0.2) is 140 Å². The molecule has 0 aliphatic heterocycles. The molecule has 0 radical (unpaired) electrons. The fraction of sp³-hybridized carbons (Fsp3) is 0.190. The Labute approximate surface area is 282 Å². The third-order valence-electron chi connectivity index (χ3n) is 8.94. The number of aryl methyl sites for hydroxylation is 1. The summed E-state index contributed by atoms with van der Waals surface area (Å²) in [5, 5.41) is 4.05. The third-order valence-corrected chi connectivity index (χ3v) is 8.94. The predicted molar refractivity (Wildman–Crippen MR) is 195 cm³/mol. The van der Waals surface area contributed by atoms with Gasteiger partial charge in [-0.05, 0) is 64.4 Å². The molecule has 6 rings (SSSR count). The molecule has 48 heavy (non-hydrogen) atoms. The van der Waals surface area contributed by atoms with Crippen molar-refractivity contribution in [3.05, 3.63) is 167 Å². The summed E-state index contributed by atoms with van der Waals surface area (Å²) in [5.74, 6) is 0.122. The number of carbonyl (C=O) groups is 2. The summed E-state index contributed by atoms with van der Waals surface area (Å²) < 4.78 is 0. The third kappa shape index (κ3) is 7.91. The van der Waals surface area contributed by atoms with Gasteiger partial charge in [-0.3, -0.25) is 9.59 Å². The van der Waals surface area contributed by atoms with Gasteiger partial charge in [-0.25, -0.2) is 0 Å². The molecule has 0 unspecified atom stereocenters. The van der Waals surface area contributed by atoms with Gasteiger partial charge in [0.25, 0.3) is 5.91 Å². The van der Waals surface area contributed by atoms with Crippen molar-refractivity contribution in [3.8, 4) is 11.1 Å². The number of rotatable bonds is 14. The molecule has 0 saturated carbocycles. The lowest BCUT2D eigenvalue weighted by molar-refractivity contribution is -0.131. The number of para-hydroxylation sites is 1. The van der Waals surface area contributed by atoms with Crippen molar-refractivity contribution >= 4 is 22.7 Å². The number of nitrogens with one attached hydrogen (secondary N) is 2. The molecule has 1 heterocycles. The minimum absolute atomic E-state index is 0.118. The van der Waals surface area contributed by atoms with Crippen LogP contribution < -0.4 is 11.1 Å². The Morgan fingerprint density at radius 1 is 0.771 bits per heavy atom. The molecule has 0 aliphatic rings. The molecular formula is C42H42N4O2. The van der Waals surface area contributed by atoms with Crippen molar-refractivity contribution < 1.29 is 9.59 Å². The molecule has 0 spiro atoms. The number of aromatic amines is 1. The van der Waals surface area contributed by atoms with Crippen LogP contribution in [0.25, 0.3) is 22.0 Å². The first-order chi connectivity index (χ1) is 23.6. The molecule has 6 heteroatoms. The van der Waals surface area contributed by atoms with E-state index in [2.05, 4.69) is 83.1 Å². The van der Waals surface area contributed by atoms with Crippen molar-refractivity contribution in [2.24, 2.45) is 5.73 Å². The first-order valence-electron chi connectivity index (χ1n) is 16.7. The fourth-order valence-electron chi connectivity index (χ4n) is 6.48. The number of aromatic nitrogens is 1. The topological polar surface area (TPSA) is 91.2 Å². The lowest BCUT2D eigenvalue weighted by Gasteiger charge is -2.27. The van der Waals surface area contributed by atoms with E-state index in [0.29, 0.717) is 44.6 Å². The van der Waals surface area contributed by atoms with Crippen molar-refractivity contribution in [2.75, 3.05) is 19.6 Å². The number of nitrogens with zero attached hydrogens (tertiary/aromatic N) is 1. The second-order valence-corrected chi connectivity index (χ2v) is 12.1. The van der Waals surface area contributed by atoms with E-state index in [1.807, 2.05) is 71.8 Å². The zero-order valence-electron chi connectivity index (χ0n) is 27.1. The van der Waals surface area contributed by atoms with E-state index in [-0.39, 0.29) is 17.7 Å². The van der Waals surface area contributed by atoms with Gasteiger partial charge >= 0.3 is 0 Å². The zero-order chi connectivity index (χ0) is 33.1. The van der Waals surface area contributed by atoms with Crippen LogP contribution >= 0.6 is 0 Å². The summed E-state index contributed by atoms with van der Waals surface area (Å²) in [6, 6.07) is 45.1. The second kappa shape index (κ2) is 15.9. The number of carbonyl (C=O) groups excluding carboxylic acids is 2. The van der Waals surface area contributed by atoms with Crippen molar-refractivity contribution in [1.29, 1.82) is 0 Å². The van der Waals surface area contributed by atoms with Crippen LogP contribution in [0.2, 0.25) is 0 Å². The first-order valence-corrected chi connectivity index (χ1v) is 16.7. The highest BCUT2D eigenvalue weighted by molar-refractivity contribution is 6.01. The summed E-state index contributed by atoms with van der Waals surface area (Å²) in [7, 11) is 0. The maximum Gasteiger partial charge on any atom is 0.251 e. The molecule has 6 aromatic rings. The Morgan fingerprint density at radius 2 is 1.46 bits per heavy atom. The van der Waals surface area contributed by atoms with E-state index in [4.69, 9.17) is 5.73 Å². The lowest BCUT2D eigenvalue weighted by Crippen LogP contribution is -2.32. The van der Waals surface area contributed by atoms with Crippen molar-refractivity contribution in [3.63, 3.8) is 0 Å². The monoisotopic (exact) mass is 634 g/mol. The van der Waals surface area contributed by atoms with Gasteiger partial charge in [0.2, 0.25) is 5.91 Å². The normalized spacial score (nSPS) is 11.1. The largest absolute Gasteiger partial charge is 0.361 e. The summed E-state index contributed by atoms with van der Waals surface area (Å²) in [6.45, 7) is 1.86. The second-order valence-electron chi connectivity index (χ2n) is 12.1. The summed E-state index contributed by atoms with van der Waals surface area (Å²) in [6.07, 6.45) is 3.88. The molecular weight excluding hydrogens is 592 g/mol. The molecule has 1 aromatic heterocycles. The van der Waals surface area contributed by atoms with Gasteiger partial charge < -0.3 is 20.9 Å². The van der Waals surface area contributed by atoms with Crippen LogP contribution in [0.5, 0.6) is 0 Å². The van der Waals surface area contributed by atoms with Crippen LogP contribution in [0.1, 0.15) is 51.4 Å². The van der Waals surface area contributed by atoms with Gasteiger partial charge in [-0.1, -0.05) is 115 Å². The van der Waals surface area contributed by atoms with Gasteiger partial charge in [0.15, 0.2) is 0 Å². The van der Waals surface area contributed by atoms with E-state index in [1.54, 1.807) is 0 Å². The van der Waals surface area contributed by atoms with Crippen LogP contribution in [-0.4, -0.2) is 41.3 Å². The van der Waals surface area contributed by atoms with Crippen LogP contribution in [0, 0.1) is 0 Å². The highest BCUT2D eigenvalue weighted by atomic mass is 16.2. The van der Waals surface area contributed by atoms with Gasteiger partial charge in [-0.2, -0.15) is 0 Å². The average Bonchev–Trinajstić information content (AvgIpc) is 3.56. The fourth-order valence-corrected chi connectivity index (χ4v) is 6.48. The SMILES string of the molecule is NCCNC(=O)c1ccccc1-c1cccc(CN(CCC(c2ccccc2)c2ccccc2)C(=O)CCc2c[nH]c3ccccc23)c1. The molecule has 0 atom stereocenters. The molecule has 0 fully saturated rings. The van der Waals surface area contributed by atoms with E-state index >= 15 is 0 Å². The zero-order valence-corrected chi connectivity index (χ0v) is 27.1. The van der Waals surface area contributed by atoms with Crippen LogP contribution in [-0.2, 0) is 17.8 Å². The van der Waals surface area contributed by atoms with E-state index in [9.17, 15) is 9.59 Å². The number of hydrogen-bond donors (Lipinski definition) is 3. The smallest absolute Gasteiger partial charge is 0.251 e. The molecule has 4 N–H and O–H groups in total. The van der Waals surface area contributed by atoms with E-state index in [1.165, 1.54) is 11.1 Å². The lowest BCUT2D eigenvalue weighted by atomic mass is 9.88. The van der Waals surface area contributed by atoms with Gasteiger partial charge in [0.1, 0.15) is 0 Å². The first kappa shape index (κ1) is 32.5. The van der Waals surface area contributed by atoms with Crippen molar-refractivity contribution in [1.82, 2.24) is 15.2 Å². The predicted octanol–water partition coefficient (Wildman–Crippen LogP) is 7.71. The minimum atomic E-state index is -0.150. The standard InChI is InChI=1S/C42H42N4O2/c43-25-26-44-42(48)39-20-8-7-18-37(39)34-17-11-12-31(28-34)30-46(41(47)23-22-35-29-45-40-21-10-9-19-38(35)40)27-24-36(32-13-3-1-4-14-32)33-15-5-2-6-16-33/h1-21,28-29,36,45H,22-27,30,43H2,(H,44,48). The number of H-pyrrole nitrogens is 1. The van der Waals surface area contributed by atoms with Gasteiger partial charge in [-0.15, -0.1) is 0 Å². The van der Waals surface area contributed by atoms with Crippen molar-refractivity contribution in [2.45, 2.75) is 31.7 Å². The quantitative estimate of drug-likeness (QED) is 0.115. The number of hydrogen-bond acceptors (Lipinski definition) is 3. The molecule has 5 aromatic carbocycles. The number of benzene rings is 5. The summed E-state index contributed by atoms with van der Waals surface area (Å²) in [5.41, 5.74) is 13.7. The van der Waals surface area contributed by atoms with E-state index in [0.717, 1.165) is 39.6 Å². The van der Waals surface area contributed by atoms with Gasteiger partial charge in [0, 0.05) is 61.2 Å². The summed E-state index contributed by atoms with van der Waals surface area (Å²) >= 11 is 0. The Hall–Kier alpha value is -5.46. The van der Waals surface area contributed by atoms with E-state index < -0.39 is 0 Å². The number of amides is 2. The number of nitrogens with two attached hydrogens (primary N) is 1. The molecule has 0 saturated heterocycles. The Kier molecular flexibility index (Phi) is 10.8. The Bertz CT molecular complexity index is 1910.